The topological polar surface area (TPSA) is 143 Å². The van der Waals surface area contributed by atoms with Gasteiger partial charge in [0.25, 0.3) is 18.2 Å². The molecule has 4 amide bonds. The lowest BCUT2D eigenvalue weighted by molar-refractivity contribution is -0.130. The number of carbonyl (C=O) groups is 4. The van der Waals surface area contributed by atoms with Crippen LogP contribution in [0.2, 0.25) is 0 Å². The molecular formula is C22H31F2N5O6. The molecule has 35 heavy (non-hydrogen) atoms. The second-order valence-electron chi connectivity index (χ2n) is 10.3. The first-order valence-corrected chi connectivity index (χ1v) is 11.4. The van der Waals surface area contributed by atoms with Gasteiger partial charge in [-0.15, -0.1) is 0 Å². The lowest BCUT2D eigenvalue weighted by Gasteiger charge is -2.30. The predicted octanol–water partition coefficient (Wildman–Crippen LogP) is 2.31. The average molecular weight is 500 g/mol. The van der Waals surface area contributed by atoms with Gasteiger partial charge in [0.1, 0.15) is 11.6 Å². The predicted molar refractivity (Wildman–Crippen MR) is 117 cm³/mol. The second-order valence-corrected chi connectivity index (χ2v) is 10.3. The summed E-state index contributed by atoms with van der Waals surface area (Å²) in [7, 11) is 0. The van der Waals surface area contributed by atoms with Gasteiger partial charge < -0.3 is 19.9 Å². The van der Waals surface area contributed by atoms with Crippen molar-refractivity contribution in [2.45, 2.75) is 71.4 Å². The van der Waals surface area contributed by atoms with Crippen LogP contribution in [0.4, 0.5) is 13.6 Å². The molecule has 0 spiro atoms. The fraction of sp³-hybridized carbons (Fsp3) is 0.682. The maximum absolute atomic E-state index is 13.2. The van der Waals surface area contributed by atoms with E-state index in [0.717, 1.165) is 23.9 Å². The van der Waals surface area contributed by atoms with Crippen molar-refractivity contribution >= 4 is 23.8 Å². The Kier molecular flexibility index (Phi) is 7.65. The molecule has 0 radical (unpaired) electrons. The van der Waals surface area contributed by atoms with Crippen LogP contribution in [0, 0.1) is 11.3 Å². The third kappa shape index (κ3) is 7.36. The lowest BCUT2D eigenvalue weighted by Crippen LogP contribution is -2.56. The Hall–Kier alpha value is -3.25. The fourth-order valence-corrected chi connectivity index (χ4v) is 3.58. The van der Waals surface area contributed by atoms with E-state index in [1.807, 2.05) is 6.92 Å². The van der Waals surface area contributed by atoms with Crippen LogP contribution >= 0.6 is 0 Å². The number of alkyl halides is 2. The highest BCUT2D eigenvalue weighted by molar-refractivity contribution is 5.96. The third-order valence-corrected chi connectivity index (χ3v) is 5.82. The van der Waals surface area contributed by atoms with Crippen LogP contribution in [0.25, 0.3) is 0 Å². The number of aromatic nitrogens is 1. The zero-order valence-corrected chi connectivity index (χ0v) is 20.2. The van der Waals surface area contributed by atoms with Crippen LogP contribution in [-0.4, -0.2) is 58.7 Å². The van der Waals surface area contributed by atoms with Gasteiger partial charge in [-0.05, 0) is 51.9 Å². The van der Waals surface area contributed by atoms with Crippen LogP contribution in [-0.2, 0) is 14.3 Å². The SMILES string of the molecule is CC1(CC(NC(=O)c2cc(C(F)F)on2)C(=O)NN(CC2CCNC2=O)C(=O)OC(C)(C)C)CC1. The van der Waals surface area contributed by atoms with Gasteiger partial charge in [-0.1, -0.05) is 12.1 Å². The summed E-state index contributed by atoms with van der Waals surface area (Å²) in [5.74, 6) is -3.14. The summed E-state index contributed by atoms with van der Waals surface area (Å²) in [6.45, 7) is 7.26. The first-order chi connectivity index (χ1) is 16.3. The van der Waals surface area contributed by atoms with Crippen molar-refractivity contribution in [1.29, 1.82) is 0 Å². The van der Waals surface area contributed by atoms with E-state index in [1.165, 1.54) is 0 Å². The number of nitrogens with one attached hydrogen (secondary N) is 3. The van der Waals surface area contributed by atoms with E-state index in [-0.39, 0.29) is 24.3 Å². The number of rotatable bonds is 8. The molecule has 2 unspecified atom stereocenters. The molecule has 1 aromatic rings. The number of halogens is 2. The minimum absolute atomic E-state index is 0.120. The molecule has 2 fully saturated rings. The molecule has 194 valence electrons. The number of hydrazine groups is 1. The summed E-state index contributed by atoms with van der Waals surface area (Å²) in [4.78, 5) is 50.7. The largest absolute Gasteiger partial charge is 0.442 e. The van der Waals surface area contributed by atoms with E-state index in [1.54, 1.807) is 20.8 Å². The molecule has 0 bridgehead atoms. The van der Waals surface area contributed by atoms with E-state index >= 15 is 0 Å². The highest BCUT2D eigenvalue weighted by Crippen LogP contribution is 2.48. The van der Waals surface area contributed by atoms with Crippen LogP contribution in [0.1, 0.15) is 76.1 Å². The highest BCUT2D eigenvalue weighted by Gasteiger charge is 2.42. The van der Waals surface area contributed by atoms with Gasteiger partial charge in [0.05, 0.1) is 12.5 Å². The van der Waals surface area contributed by atoms with Crippen molar-refractivity contribution in [3.05, 3.63) is 17.5 Å². The standard InChI is InChI=1S/C22H31F2N5O6/c1-21(2,3)34-20(33)29(11-12-5-8-25-17(12)30)27-19(32)14(10-22(4)6-7-22)26-18(31)13-9-15(16(23)24)35-28-13/h9,12,14,16H,5-8,10-11H2,1-4H3,(H,25,30)(H,26,31)(H,27,32). The van der Waals surface area contributed by atoms with E-state index in [2.05, 4.69) is 25.7 Å². The first-order valence-electron chi connectivity index (χ1n) is 11.4. The van der Waals surface area contributed by atoms with E-state index < -0.39 is 53.3 Å². The molecule has 3 N–H and O–H groups in total. The lowest BCUT2D eigenvalue weighted by atomic mass is 9.98. The molecule has 0 aromatic carbocycles. The first kappa shape index (κ1) is 26.4. The molecule has 1 saturated carbocycles. The molecule has 11 nitrogen and oxygen atoms in total. The van der Waals surface area contributed by atoms with Gasteiger partial charge in [0.15, 0.2) is 5.69 Å². The average Bonchev–Trinajstić information content (AvgIpc) is 3.13. The number of carbonyl (C=O) groups excluding carboxylic acids is 4. The Morgan fingerprint density at radius 3 is 2.54 bits per heavy atom. The zero-order chi connectivity index (χ0) is 26.0. The smallest absolute Gasteiger partial charge is 0.429 e. The van der Waals surface area contributed by atoms with Crippen LogP contribution in [0.5, 0.6) is 0 Å². The molecule has 2 atom stereocenters. The molecule has 1 aliphatic heterocycles. The monoisotopic (exact) mass is 499 g/mol. The Bertz CT molecular complexity index is 972. The summed E-state index contributed by atoms with van der Waals surface area (Å²) in [5, 5.41) is 9.45. The number of ether oxygens (including phenoxy) is 1. The highest BCUT2D eigenvalue weighted by atomic mass is 19.3. The van der Waals surface area contributed by atoms with Gasteiger partial charge in [0.2, 0.25) is 11.7 Å². The van der Waals surface area contributed by atoms with Crippen molar-refractivity contribution in [2.24, 2.45) is 11.3 Å². The summed E-state index contributed by atoms with van der Waals surface area (Å²) >= 11 is 0. The summed E-state index contributed by atoms with van der Waals surface area (Å²) < 4.78 is 35.4. The Balaban J connectivity index is 1.75. The normalized spacial score (nSPS) is 19.6. The molecule has 2 heterocycles. The van der Waals surface area contributed by atoms with E-state index in [0.29, 0.717) is 13.0 Å². The number of nitrogens with zero attached hydrogens (tertiary/aromatic N) is 2. The van der Waals surface area contributed by atoms with Crippen molar-refractivity contribution in [3.8, 4) is 0 Å². The van der Waals surface area contributed by atoms with Gasteiger partial charge in [-0.25, -0.2) is 18.6 Å². The number of hydrogen-bond donors (Lipinski definition) is 3. The van der Waals surface area contributed by atoms with Crippen molar-refractivity contribution in [1.82, 2.24) is 26.2 Å². The molecule has 13 heteroatoms. The van der Waals surface area contributed by atoms with Gasteiger partial charge in [-0.2, -0.15) is 0 Å². The van der Waals surface area contributed by atoms with Crippen LogP contribution in [0.15, 0.2) is 10.6 Å². The third-order valence-electron chi connectivity index (χ3n) is 5.82. The molecule has 1 saturated heterocycles. The fourth-order valence-electron chi connectivity index (χ4n) is 3.58. The van der Waals surface area contributed by atoms with E-state index in [4.69, 9.17) is 4.74 Å². The molecular weight excluding hydrogens is 468 g/mol. The van der Waals surface area contributed by atoms with Crippen molar-refractivity contribution in [3.63, 3.8) is 0 Å². The quantitative estimate of drug-likeness (QED) is 0.466. The van der Waals surface area contributed by atoms with Crippen molar-refractivity contribution in [2.75, 3.05) is 13.1 Å². The molecule has 1 aliphatic carbocycles. The Morgan fingerprint density at radius 2 is 2.03 bits per heavy atom. The zero-order valence-electron chi connectivity index (χ0n) is 20.2. The van der Waals surface area contributed by atoms with Gasteiger partial charge >= 0.3 is 6.09 Å². The summed E-state index contributed by atoms with van der Waals surface area (Å²) in [6.07, 6.45) is -1.40. The summed E-state index contributed by atoms with van der Waals surface area (Å²) in [5.41, 5.74) is 1.02. The van der Waals surface area contributed by atoms with E-state index in [9.17, 15) is 28.0 Å². The van der Waals surface area contributed by atoms with Gasteiger partial charge in [0, 0.05) is 12.6 Å². The minimum atomic E-state index is -2.94. The second kappa shape index (κ2) is 10.2. The van der Waals surface area contributed by atoms with Crippen molar-refractivity contribution < 1.29 is 37.2 Å². The molecule has 1 aromatic heterocycles. The maximum Gasteiger partial charge on any atom is 0.429 e. The minimum Gasteiger partial charge on any atom is -0.442 e. The number of amides is 4. The number of hydrogen-bond acceptors (Lipinski definition) is 7. The summed E-state index contributed by atoms with van der Waals surface area (Å²) in [6, 6.07) is -0.302. The Labute approximate surface area is 201 Å². The molecule has 2 aliphatic rings. The maximum atomic E-state index is 13.2. The Morgan fingerprint density at radius 1 is 1.34 bits per heavy atom. The van der Waals surface area contributed by atoms with Gasteiger partial charge in [-0.3, -0.25) is 19.8 Å². The molecule has 3 rings (SSSR count). The van der Waals surface area contributed by atoms with Crippen LogP contribution < -0.4 is 16.1 Å². The van der Waals surface area contributed by atoms with Crippen LogP contribution in [0.3, 0.4) is 0 Å².